The van der Waals surface area contributed by atoms with Crippen molar-refractivity contribution in [3.8, 4) is 0 Å². The van der Waals surface area contributed by atoms with Crippen molar-refractivity contribution in [1.29, 1.82) is 0 Å². The van der Waals surface area contributed by atoms with Gasteiger partial charge in [0.15, 0.2) is 0 Å². The van der Waals surface area contributed by atoms with Crippen LogP contribution in [0.5, 0.6) is 0 Å². The molecule has 1 heterocycles. The standard InChI is InChI=1S/C19H19N3O4/c1-26-19(25)13-4-2-12(3-5-13)11-22-9-8-17(23)21-15-10-14(18(20)24)6-7-16(15)22/h2-7,10H,8-9,11H2,1H3,(H2,20,24)(H,21,23). The maximum absolute atomic E-state index is 12.0. The number of hydrogen-bond acceptors (Lipinski definition) is 5. The maximum atomic E-state index is 12.0. The average Bonchev–Trinajstić information content (AvgIpc) is 2.79. The van der Waals surface area contributed by atoms with Gasteiger partial charge < -0.3 is 20.7 Å². The number of carbonyl (C=O) groups excluding carboxylic acids is 3. The molecule has 0 atom stereocenters. The number of benzene rings is 2. The molecule has 7 nitrogen and oxygen atoms in total. The Hall–Kier alpha value is -3.35. The highest BCUT2D eigenvalue weighted by molar-refractivity contribution is 6.00. The fraction of sp³-hybridized carbons (Fsp3) is 0.211. The number of primary amides is 1. The monoisotopic (exact) mass is 353 g/mol. The zero-order chi connectivity index (χ0) is 18.7. The predicted molar refractivity (Wildman–Crippen MR) is 97.0 cm³/mol. The topological polar surface area (TPSA) is 102 Å². The van der Waals surface area contributed by atoms with Crippen molar-refractivity contribution in [2.24, 2.45) is 5.73 Å². The second-order valence-corrected chi connectivity index (χ2v) is 6.00. The number of fused-ring (bicyclic) bond motifs is 1. The molecule has 7 heteroatoms. The number of rotatable bonds is 4. The molecule has 0 fully saturated rings. The van der Waals surface area contributed by atoms with E-state index in [9.17, 15) is 14.4 Å². The molecule has 0 saturated carbocycles. The lowest BCUT2D eigenvalue weighted by atomic mass is 10.1. The molecule has 134 valence electrons. The number of amides is 2. The van der Waals surface area contributed by atoms with E-state index >= 15 is 0 Å². The van der Waals surface area contributed by atoms with Gasteiger partial charge in [0.25, 0.3) is 0 Å². The Morgan fingerprint density at radius 2 is 1.85 bits per heavy atom. The Morgan fingerprint density at radius 1 is 1.15 bits per heavy atom. The zero-order valence-electron chi connectivity index (χ0n) is 14.3. The molecule has 0 unspecified atom stereocenters. The first-order valence-corrected chi connectivity index (χ1v) is 8.14. The summed E-state index contributed by atoms with van der Waals surface area (Å²) in [6, 6.07) is 12.1. The second-order valence-electron chi connectivity index (χ2n) is 6.00. The number of anilines is 2. The van der Waals surface area contributed by atoms with Crippen LogP contribution in [0.4, 0.5) is 11.4 Å². The molecule has 3 rings (SSSR count). The van der Waals surface area contributed by atoms with Crippen LogP contribution in [-0.4, -0.2) is 31.4 Å². The number of carbonyl (C=O) groups is 3. The third-order valence-electron chi connectivity index (χ3n) is 4.25. The van der Waals surface area contributed by atoms with Gasteiger partial charge in [0.1, 0.15) is 0 Å². The van der Waals surface area contributed by atoms with E-state index in [1.165, 1.54) is 7.11 Å². The highest BCUT2D eigenvalue weighted by atomic mass is 16.5. The normalized spacial score (nSPS) is 13.4. The number of hydrogen-bond donors (Lipinski definition) is 2. The molecule has 26 heavy (non-hydrogen) atoms. The highest BCUT2D eigenvalue weighted by Crippen LogP contribution is 2.31. The molecule has 2 aromatic rings. The lowest BCUT2D eigenvalue weighted by Crippen LogP contribution is -2.24. The number of esters is 1. The van der Waals surface area contributed by atoms with Gasteiger partial charge in [0, 0.05) is 25.1 Å². The smallest absolute Gasteiger partial charge is 0.337 e. The van der Waals surface area contributed by atoms with Crippen LogP contribution in [0.1, 0.15) is 32.7 Å². The molecular formula is C19H19N3O4. The van der Waals surface area contributed by atoms with Crippen molar-refractivity contribution in [2.75, 3.05) is 23.9 Å². The zero-order valence-corrected chi connectivity index (χ0v) is 14.3. The van der Waals surface area contributed by atoms with Gasteiger partial charge in [0.2, 0.25) is 11.8 Å². The van der Waals surface area contributed by atoms with Gasteiger partial charge >= 0.3 is 5.97 Å². The Morgan fingerprint density at radius 3 is 2.50 bits per heavy atom. The number of nitrogens with two attached hydrogens (primary N) is 1. The largest absolute Gasteiger partial charge is 0.465 e. The Kier molecular flexibility index (Phi) is 4.88. The van der Waals surface area contributed by atoms with Crippen LogP contribution >= 0.6 is 0 Å². The van der Waals surface area contributed by atoms with Gasteiger partial charge in [-0.3, -0.25) is 9.59 Å². The Bertz CT molecular complexity index is 862. The third-order valence-corrected chi connectivity index (χ3v) is 4.25. The van der Waals surface area contributed by atoms with Gasteiger partial charge in [-0.1, -0.05) is 12.1 Å². The van der Waals surface area contributed by atoms with E-state index in [4.69, 9.17) is 10.5 Å². The second kappa shape index (κ2) is 7.26. The van der Waals surface area contributed by atoms with Crippen LogP contribution < -0.4 is 16.0 Å². The molecule has 2 amide bonds. The summed E-state index contributed by atoms with van der Waals surface area (Å²) < 4.78 is 4.70. The quantitative estimate of drug-likeness (QED) is 0.818. The first-order chi connectivity index (χ1) is 12.5. The van der Waals surface area contributed by atoms with E-state index in [2.05, 4.69) is 5.32 Å². The summed E-state index contributed by atoms with van der Waals surface area (Å²) in [5.41, 5.74) is 8.51. The lowest BCUT2D eigenvalue weighted by molar-refractivity contribution is -0.116. The first kappa shape index (κ1) is 17.5. The fourth-order valence-corrected chi connectivity index (χ4v) is 2.88. The molecule has 0 bridgehead atoms. The van der Waals surface area contributed by atoms with Crippen molar-refractivity contribution in [3.63, 3.8) is 0 Å². The van der Waals surface area contributed by atoms with E-state index in [1.54, 1.807) is 30.3 Å². The van der Waals surface area contributed by atoms with Crippen LogP contribution in [0.15, 0.2) is 42.5 Å². The van der Waals surface area contributed by atoms with Crippen molar-refractivity contribution in [1.82, 2.24) is 0 Å². The third kappa shape index (κ3) is 3.66. The van der Waals surface area contributed by atoms with E-state index in [0.717, 1.165) is 11.3 Å². The van der Waals surface area contributed by atoms with Gasteiger partial charge in [-0.15, -0.1) is 0 Å². The molecule has 0 saturated heterocycles. The molecule has 3 N–H and O–H groups in total. The highest BCUT2D eigenvalue weighted by Gasteiger charge is 2.20. The lowest BCUT2D eigenvalue weighted by Gasteiger charge is -2.24. The molecular weight excluding hydrogens is 334 g/mol. The summed E-state index contributed by atoms with van der Waals surface area (Å²) in [6.45, 7) is 1.09. The molecule has 2 aromatic carbocycles. The Balaban J connectivity index is 1.87. The number of nitrogens with one attached hydrogen (secondary N) is 1. The van der Waals surface area contributed by atoms with Crippen LogP contribution in [-0.2, 0) is 16.1 Å². The minimum atomic E-state index is -0.545. The van der Waals surface area contributed by atoms with Gasteiger partial charge in [-0.05, 0) is 35.9 Å². The maximum Gasteiger partial charge on any atom is 0.337 e. The minimum Gasteiger partial charge on any atom is -0.465 e. The molecule has 0 radical (unpaired) electrons. The molecule has 0 aliphatic carbocycles. The fourth-order valence-electron chi connectivity index (χ4n) is 2.88. The summed E-state index contributed by atoms with van der Waals surface area (Å²) in [5.74, 6) is -1.04. The first-order valence-electron chi connectivity index (χ1n) is 8.14. The van der Waals surface area contributed by atoms with Crippen LogP contribution in [0.3, 0.4) is 0 Å². The number of ether oxygens (including phenoxy) is 1. The molecule has 1 aliphatic rings. The van der Waals surface area contributed by atoms with E-state index in [1.807, 2.05) is 17.0 Å². The van der Waals surface area contributed by atoms with Crippen LogP contribution in [0.2, 0.25) is 0 Å². The number of nitrogens with zero attached hydrogens (tertiary/aromatic N) is 1. The SMILES string of the molecule is COC(=O)c1ccc(CN2CCC(=O)Nc3cc(C(N)=O)ccc32)cc1. The number of methoxy groups -OCH3 is 1. The summed E-state index contributed by atoms with van der Waals surface area (Å²) in [7, 11) is 1.34. The van der Waals surface area contributed by atoms with Crippen molar-refractivity contribution >= 4 is 29.2 Å². The molecule has 0 aromatic heterocycles. The van der Waals surface area contributed by atoms with Gasteiger partial charge in [-0.2, -0.15) is 0 Å². The Labute approximate surface area is 150 Å². The summed E-state index contributed by atoms with van der Waals surface area (Å²) in [5, 5.41) is 2.82. The van der Waals surface area contributed by atoms with Crippen LogP contribution in [0, 0.1) is 0 Å². The van der Waals surface area contributed by atoms with E-state index in [-0.39, 0.29) is 11.9 Å². The summed E-state index contributed by atoms with van der Waals surface area (Å²) in [4.78, 5) is 36.9. The van der Waals surface area contributed by atoms with Crippen molar-refractivity contribution < 1.29 is 19.1 Å². The molecule has 0 spiro atoms. The summed E-state index contributed by atoms with van der Waals surface area (Å²) in [6.07, 6.45) is 0.334. The average molecular weight is 353 g/mol. The minimum absolute atomic E-state index is 0.114. The predicted octanol–water partition coefficient (Wildman–Crippen LogP) is 1.92. The van der Waals surface area contributed by atoms with Crippen molar-refractivity contribution in [3.05, 3.63) is 59.2 Å². The van der Waals surface area contributed by atoms with Crippen LogP contribution in [0.25, 0.3) is 0 Å². The van der Waals surface area contributed by atoms with E-state index < -0.39 is 5.91 Å². The van der Waals surface area contributed by atoms with E-state index in [0.29, 0.717) is 36.3 Å². The van der Waals surface area contributed by atoms with Gasteiger partial charge in [-0.25, -0.2) is 4.79 Å². The summed E-state index contributed by atoms with van der Waals surface area (Å²) >= 11 is 0. The van der Waals surface area contributed by atoms with Gasteiger partial charge in [0.05, 0.1) is 24.0 Å². The van der Waals surface area contributed by atoms with Crippen molar-refractivity contribution in [2.45, 2.75) is 13.0 Å². The molecule has 1 aliphatic heterocycles.